The molecule has 0 unspecified atom stereocenters. The fourth-order valence-electron chi connectivity index (χ4n) is 1.08. The van der Waals surface area contributed by atoms with Gasteiger partial charge in [-0.25, -0.2) is 4.99 Å². The van der Waals surface area contributed by atoms with Crippen molar-refractivity contribution in [1.29, 1.82) is 0 Å². The van der Waals surface area contributed by atoms with Crippen LogP contribution >= 0.6 is 11.9 Å². The fourth-order valence-corrected chi connectivity index (χ4v) is 1.83. The Morgan fingerprint density at radius 2 is 2.67 bits per heavy atom. The Bertz CT molecular complexity index is 239. The van der Waals surface area contributed by atoms with E-state index in [1.165, 1.54) is 0 Å². The molecule has 0 aromatic carbocycles. The van der Waals surface area contributed by atoms with Gasteiger partial charge in [0.1, 0.15) is 11.6 Å². The van der Waals surface area contributed by atoms with E-state index < -0.39 is 0 Å². The third kappa shape index (κ3) is 1.42. The molecule has 5 heteroatoms. The molecule has 0 bridgehead atoms. The minimum Gasteiger partial charge on any atom is -0.474 e. The maximum Gasteiger partial charge on any atom is 0.245 e. The molecule has 1 N–H and O–H groups in total. The van der Waals surface area contributed by atoms with Crippen LogP contribution in [-0.2, 0) is 4.74 Å². The normalized spacial score (nSPS) is 23.2. The zero-order chi connectivity index (χ0) is 8.39. The average molecular weight is 185 g/mol. The summed E-state index contributed by atoms with van der Waals surface area (Å²) in [4.78, 5) is 6.31. The molecule has 66 valence electrons. The van der Waals surface area contributed by atoms with Gasteiger partial charge in [0, 0.05) is 19.8 Å². The number of nitrogens with zero attached hydrogens (tertiary/aromatic N) is 2. The van der Waals surface area contributed by atoms with Crippen LogP contribution in [0.15, 0.2) is 15.9 Å². The van der Waals surface area contributed by atoms with E-state index in [-0.39, 0.29) is 0 Å². The Kier molecular flexibility index (Phi) is 2.23. The van der Waals surface area contributed by atoms with Gasteiger partial charge in [0.2, 0.25) is 5.88 Å². The molecule has 0 fully saturated rings. The molecule has 0 spiro atoms. The molecule has 12 heavy (non-hydrogen) atoms. The van der Waals surface area contributed by atoms with E-state index >= 15 is 0 Å². The molecule has 2 heterocycles. The second-order valence-electron chi connectivity index (χ2n) is 2.65. The Balaban J connectivity index is 2.23. The van der Waals surface area contributed by atoms with Crippen molar-refractivity contribution in [3.8, 4) is 0 Å². The van der Waals surface area contributed by atoms with Gasteiger partial charge in [-0.3, -0.25) is 4.72 Å². The molecule has 0 saturated carbocycles. The molecule has 0 aliphatic carbocycles. The van der Waals surface area contributed by atoms with Crippen LogP contribution in [0.3, 0.4) is 0 Å². The summed E-state index contributed by atoms with van der Waals surface area (Å²) in [7, 11) is 2.03. The van der Waals surface area contributed by atoms with Gasteiger partial charge in [-0.15, -0.1) is 0 Å². The number of rotatable bonds is 0. The first-order valence-electron chi connectivity index (χ1n) is 3.88. The minimum atomic E-state index is 0.691. The predicted octanol–water partition coefficient (Wildman–Crippen LogP) is 0.397. The molecule has 4 nitrogen and oxygen atoms in total. The highest BCUT2D eigenvalue weighted by atomic mass is 32.2. The summed E-state index contributed by atoms with van der Waals surface area (Å²) in [5.41, 5.74) is 0. The third-order valence-electron chi connectivity index (χ3n) is 1.71. The lowest BCUT2D eigenvalue weighted by Gasteiger charge is -2.22. The van der Waals surface area contributed by atoms with Crippen molar-refractivity contribution in [2.24, 2.45) is 4.99 Å². The summed E-state index contributed by atoms with van der Waals surface area (Å²) >= 11 is 1.59. The summed E-state index contributed by atoms with van der Waals surface area (Å²) in [6, 6.07) is 0. The Morgan fingerprint density at radius 3 is 3.58 bits per heavy atom. The molecular weight excluding hydrogens is 174 g/mol. The van der Waals surface area contributed by atoms with Crippen molar-refractivity contribution < 1.29 is 4.74 Å². The average Bonchev–Trinajstić information content (AvgIpc) is 2.30. The van der Waals surface area contributed by atoms with E-state index in [0.29, 0.717) is 6.61 Å². The first-order chi connectivity index (χ1) is 5.88. The van der Waals surface area contributed by atoms with Crippen LogP contribution in [0.5, 0.6) is 0 Å². The quantitative estimate of drug-likeness (QED) is 0.554. The van der Waals surface area contributed by atoms with Gasteiger partial charge in [-0.1, -0.05) is 0 Å². The molecule has 2 aliphatic rings. The number of aliphatic imine (C=N–C) groups is 1. The van der Waals surface area contributed by atoms with Crippen LogP contribution < -0.4 is 4.72 Å². The van der Waals surface area contributed by atoms with Crippen LogP contribution in [0.1, 0.15) is 0 Å². The first kappa shape index (κ1) is 7.94. The monoisotopic (exact) mass is 185 g/mol. The largest absolute Gasteiger partial charge is 0.474 e. The highest BCUT2D eigenvalue weighted by Gasteiger charge is 2.18. The molecule has 2 aliphatic heterocycles. The third-order valence-corrected chi connectivity index (χ3v) is 2.73. The maximum atomic E-state index is 5.43. The van der Waals surface area contributed by atoms with E-state index in [2.05, 4.69) is 14.6 Å². The van der Waals surface area contributed by atoms with Crippen LogP contribution in [-0.4, -0.2) is 37.9 Å². The van der Waals surface area contributed by atoms with Gasteiger partial charge in [-0.05, 0) is 11.9 Å². The van der Waals surface area contributed by atoms with Crippen LogP contribution in [0.25, 0.3) is 0 Å². The van der Waals surface area contributed by atoms with Crippen LogP contribution in [0.4, 0.5) is 0 Å². The lowest BCUT2D eigenvalue weighted by molar-refractivity contribution is 0.208. The van der Waals surface area contributed by atoms with Gasteiger partial charge in [-0.2, -0.15) is 0 Å². The first-order valence-corrected chi connectivity index (χ1v) is 4.70. The van der Waals surface area contributed by atoms with Crippen molar-refractivity contribution in [3.05, 3.63) is 10.9 Å². The molecular formula is C7H11N3OS. The van der Waals surface area contributed by atoms with Crippen LogP contribution in [0, 0.1) is 0 Å². The van der Waals surface area contributed by atoms with Gasteiger partial charge in [0.25, 0.3) is 0 Å². The fraction of sp³-hybridized carbons (Fsp3) is 0.571. The highest BCUT2D eigenvalue weighted by Crippen LogP contribution is 2.25. The van der Waals surface area contributed by atoms with Gasteiger partial charge in [0.15, 0.2) is 0 Å². The standard InChI is InChI=1S/C7H11N3OS/c1-10-4-2-8-6-7(10)12-9-3-5-11-6/h2,9H,3-5H2,1H3. The Hall–Kier alpha value is -0.680. The van der Waals surface area contributed by atoms with Crippen molar-refractivity contribution in [2.75, 3.05) is 26.7 Å². The zero-order valence-corrected chi connectivity index (χ0v) is 7.73. The van der Waals surface area contributed by atoms with Crippen molar-refractivity contribution in [2.45, 2.75) is 0 Å². The lowest BCUT2D eigenvalue weighted by atomic mass is 10.5. The molecule has 0 aromatic heterocycles. The second-order valence-corrected chi connectivity index (χ2v) is 3.53. The maximum absolute atomic E-state index is 5.43. The van der Waals surface area contributed by atoms with Crippen LogP contribution in [0.2, 0.25) is 0 Å². The van der Waals surface area contributed by atoms with Crippen molar-refractivity contribution in [1.82, 2.24) is 9.62 Å². The number of nitrogens with one attached hydrogen (secondary N) is 1. The Morgan fingerprint density at radius 1 is 1.75 bits per heavy atom. The molecule has 2 rings (SSSR count). The Labute approximate surface area is 75.8 Å². The van der Waals surface area contributed by atoms with E-state index in [0.717, 1.165) is 24.0 Å². The highest BCUT2D eigenvalue weighted by molar-refractivity contribution is 8.01. The topological polar surface area (TPSA) is 36.9 Å². The van der Waals surface area contributed by atoms with E-state index in [4.69, 9.17) is 4.74 Å². The molecule has 0 radical (unpaired) electrons. The summed E-state index contributed by atoms with van der Waals surface area (Å²) in [5.74, 6) is 0.749. The summed E-state index contributed by atoms with van der Waals surface area (Å²) in [6.07, 6.45) is 1.87. The smallest absolute Gasteiger partial charge is 0.245 e. The van der Waals surface area contributed by atoms with Crippen molar-refractivity contribution in [3.63, 3.8) is 0 Å². The zero-order valence-electron chi connectivity index (χ0n) is 6.91. The summed E-state index contributed by atoms with van der Waals surface area (Å²) in [6.45, 7) is 2.41. The lowest BCUT2D eigenvalue weighted by Crippen LogP contribution is -2.23. The summed E-state index contributed by atoms with van der Waals surface area (Å²) in [5, 5.41) is 1.08. The van der Waals surface area contributed by atoms with E-state index in [1.54, 1.807) is 11.9 Å². The molecule has 0 saturated heterocycles. The molecule has 0 aromatic rings. The van der Waals surface area contributed by atoms with Gasteiger partial charge < -0.3 is 9.64 Å². The predicted molar refractivity (Wildman–Crippen MR) is 49.7 cm³/mol. The number of ether oxygens (including phenoxy) is 1. The van der Waals surface area contributed by atoms with E-state index in [9.17, 15) is 0 Å². The van der Waals surface area contributed by atoms with Crippen molar-refractivity contribution >= 4 is 18.2 Å². The van der Waals surface area contributed by atoms with Gasteiger partial charge in [0.05, 0.1) is 6.54 Å². The molecule has 0 atom stereocenters. The molecule has 0 amide bonds. The summed E-state index contributed by atoms with van der Waals surface area (Å²) < 4.78 is 8.63. The SMILES string of the molecule is CN1CC=NC2=C1SNCCO2. The van der Waals surface area contributed by atoms with Gasteiger partial charge >= 0.3 is 0 Å². The number of hydrogen-bond donors (Lipinski definition) is 1. The minimum absolute atomic E-state index is 0.691. The second kappa shape index (κ2) is 3.37. The number of hydrogen-bond acceptors (Lipinski definition) is 5. The van der Waals surface area contributed by atoms with E-state index in [1.807, 2.05) is 13.3 Å².